The van der Waals surface area contributed by atoms with Gasteiger partial charge in [-0.25, -0.2) is 4.79 Å². The molecule has 0 fully saturated rings. The van der Waals surface area contributed by atoms with E-state index in [2.05, 4.69) is 0 Å². The number of rotatable bonds is 3. The van der Waals surface area contributed by atoms with E-state index in [0.29, 0.717) is 0 Å². The summed E-state index contributed by atoms with van der Waals surface area (Å²) in [6, 6.07) is 4.17. The van der Waals surface area contributed by atoms with Gasteiger partial charge in [0.25, 0.3) is 0 Å². The zero-order valence-electron chi connectivity index (χ0n) is 9.45. The fraction of sp³-hybridized carbons (Fsp3) is 0.364. The van der Waals surface area contributed by atoms with Crippen LogP contribution in [0.25, 0.3) is 0 Å². The molecule has 100 valence electrons. The van der Waals surface area contributed by atoms with Crippen LogP contribution in [0.1, 0.15) is 18.1 Å². The molecule has 0 aromatic heterocycles. The highest BCUT2D eigenvalue weighted by atomic mass is 19.4. The van der Waals surface area contributed by atoms with Gasteiger partial charge in [0, 0.05) is 0 Å². The Bertz CT molecular complexity index is 447. The normalized spacial score (nSPS) is 14.9. The molecule has 0 radical (unpaired) electrons. The zero-order valence-corrected chi connectivity index (χ0v) is 9.45. The third-order valence-electron chi connectivity index (χ3n) is 2.53. The number of alkyl halides is 3. The Balaban J connectivity index is 3.19. The lowest BCUT2D eigenvalue weighted by Gasteiger charge is -2.28. The van der Waals surface area contributed by atoms with E-state index in [1.807, 2.05) is 5.32 Å². The minimum Gasteiger partial charge on any atom is -0.465 e. The third-order valence-corrected chi connectivity index (χ3v) is 2.53. The van der Waals surface area contributed by atoms with Crippen LogP contribution in [-0.2, 0) is 11.7 Å². The van der Waals surface area contributed by atoms with Crippen LogP contribution < -0.4 is 5.32 Å². The Kier molecular flexibility index (Phi) is 3.85. The average molecular weight is 263 g/mol. The maximum atomic E-state index is 12.5. The summed E-state index contributed by atoms with van der Waals surface area (Å²) in [5, 5.41) is 19.8. The summed E-state index contributed by atoms with van der Waals surface area (Å²) in [4.78, 5) is 10.6. The smallest absolute Gasteiger partial charge is 0.416 e. The summed E-state index contributed by atoms with van der Waals surface area (Å²) in [5.41, 5.74) is -2.33. The van der Waals surface area contributed by atoms with Gasteiger partial charge in [-0.2, -0.15) is 13.2 Å². The zero-order chi connectivity index (χ0) is 14.0. The molecule has 0 unspecified atom stereocenters. The van der Waals surface area contributed by atoms with Crippen LogP contribution in [-0.4, -0.2) is 22.9 Å². The van der Waals surface area contributed by atoms with Gasteiger partial charge in [-0.15, -0.1) is 0 Å². The number of halogens is 3. The molecule has 4 nitrogen and oxygen atoms in total. The summed E-state index contributed by atoms with van der Waals surface area (Å²) in [5.74, 6) is 0. The van der Waals surface area contributed by atoms with E-state index < -0.39 is 30.0 Å². The predicted octanol–water partition coefficient (Wildman–Crippen LogP) is 2.18. The maximum absolute atomic E-state index is 12.5. The molecule has 1 aromatic rings. The lowest BCUT2D eigenvalue weighted by atomic mass is 9.91. The SMILES string of the molecule is C[C@@](CO)(NC(=O)O)c1cccc(C(F)(F)F)c1. The molecular formula is C11H12F3NO3. The molecule has 0 aliphatic heterocycles. The Hall–Kier alpha value is -1.76. The molecule has 0 aliphatic rings. The summed E-state index contributed by atoms with van der Waals surface area (Å²) >= 11 is 0. The van der Waals surface area contributed by atoms with Gasteiger partial charge in [0.1, 0.15) is 0 Å². The van der Waals surface area contributed by atoms with E-state index in [1.54, 1.807) is 0 Å². The van der Waals surface area contributed by atoms with Crippen LogP contribution in [0.15, 0.2) is 24.3 Å². The van der Waals surface area contributed by atoms with Crippen LogP contribution in [0, 0.1) is 0 Å². The van der Waals surface area contributed by atoms with Crippen LogP contribution in [0.3, 0.4) is 0 Å². The van der Waals surface area contributed by atoms with Gasteiger partial charge >= 0.3 is 12.3 Å². The number of carbonyl (C=O) groups is 1. The van der Waals surface area contributed by atoms with Gasteiger partial charge in [-0.05, 0) is 24.6 Å². The van der Waals surface area contributed by atoms with E-state index >= 15 is 0 Å². The minimum atomic E-state index is -4.52. The molecule has 1 atom stereocenters. The molecule has 0 saturated heterocycles. The number of aliphatic hydroxyl groups is 1. The van der Waals surface area contributed by atoms with Crippen molar-refractivity contribution in [3.05, 3.63) is 35.4 Å². The summed E-state index contributed by atoms with van der Waals surface area (Å²) in [7, 11) is 0. The largest absolute Gasteiger partial charge is 0.465 e. The van der Waals surface area contributed by atoms with E-state index in [-0.39, 0.29) is 5.56 Å². The number of hydrogen-bond donors (Lipinski definition) is 3. The van der Waals surface area contributed by atoms with Crippen LogP contribution in [0.4, 0.5) is 18.0 Å². The summed E-state index contributed by atoms with van der Waals surface area (Å²) in [6.07, 6.45) is -5.95. The average Bonchev–Trinajstić information content (AvgIpc) is 2.27. The first-order chi connectivity index (χ1) is 8.19. The van der Waals surface area contributed by atoms with E-state index in [4.69, 9.17) is 5.11 Å². The van der Waals surface area contributed by atoms with E-state index in [1.165, 1.54) is 13.0 Å². The Labute approximate surface area is 101 Å². The maximum Gasteiger partial charge on any atom is 0.416 e. The molecule has 7 heteroatoms. The third kappa shape index (κ3) is 3.13. The van der Waals surface area contributed by atoms with Crippen molar-refractivity contribution in [3.63, 3.8) is 0 Å². The number of nitrogens with one attached hydrogen (secondary N) is 1. The summed E-state index contributed by atoms with van der Waals surface area (Å²) < 4.78 is 37.6. The second-order valence-corrected chi connectivity index (χ2v) is 4.00. The second kappa shape index (κ2) is 4.85. The predicted molar refractivity (Wildman–Crippen MR) is 57.0 cm³/mol. The molecule has 1 aromatic carbocycles. The molecule has 1 amide bonds. The summed E-state index contributed by atoms with van der Waals surface area (Å²) in [6.45, 7) is 0.650. The first-order valence-corrected chi connectivity index (χ1v) is 4.99. The number of carboxylic acid groups (broad SMARTS) is 1. The van der Waals surface area contributed by atoms with E-state index in [0.717, 1.165) is 18.2 Å². The van der Waals surface area contributed by atoms with Crippen molar-refractivity contribution < 1.29 is 28.2 Å². The van der Waals surface area contributed by atoms with Gasteiger partial charge in [0.15, 0.2) is 0 Å². The monoisotopic (exact) mass is 263 g/mol. The van der Waals surface area contributed by atoms with Crippen LogP contribution in [0.2, 0.25) is 0 Å². The van der Waals surface area contributed by atoms with Crippen molar-refractivity contribution in [2.45, 2.75) is 18.6 Å². The number of amides is 1. The van der Waals surface area contributed by atoms with Crippen molar-refractivity contribution >= 4 is 6.09 Å². The molecule has 3 N–H and O–H groups in total. The topological polar surface area (TPSA) is 69.6 Å². The first-order valence-electron chi connectivity index (χ1n) is 4.99. The van der Waals surface area contributed by atoms with Crippen molar-refractivity contribution in [2.75, 3.05) is 6.61 Å². The lowest BCUT2D eigenvalue weighted by Crippen LogP contribution is -2.45. The lowest BCUT2D eigenvalue weighted by molar-refractivity contribution is -0.137. The minimum absolute atomic E-state index is 0.0437. The number of benzene rings is 1. The fourth-order valence-electron chi connectivity index (χ4n) is 1.48. The Morgan fingerprint density at radius 1 is 1.33 bits per heavy atom. The van der Waals surface area contributed by atoms with Crippen molar-refractivity contribution in [2.24, 2.45) is 0 Å². The van der Waals surface area contributed by atoms with Gasteiger partial charge < -0.3 is 15.5 Å². The second-order valence-electron chi connectivity index (χ2n) is 4.00. The quantitative estimate of drug-likeness (QED) is 0.782. The molecular weight excluding hydrogens is 251 g/mol. The fourth-order valence-corrected chi connectivity index (χ4v) is 1.48. The first kappa shape index (κ1) is 14.3. The van der Waals surface area contributed by atoms with Gasteiger partial charge in [-0.3, -0.25) is 0 Å². The molecule has 0 heterocycles. The van der Waals surface area contributed by atoms with Crippen LogP contribution >= 0.6 is 0 Å². The van der Waals surface area contributed by atoms with Gasteiger partial charge in [-0.1, -0.05) is 12.1 Å². The molecule has 0 aliphatic carbocycles. The van der Waals surface area contributed by atoms with E-state index in [9.17, 15) is 23.1 Å². The van der Waals surface area contributed by atoms with Crippen molar-refractivity contribution in [3.8, 4) is 0 Å². The Morgan fingerprint density at radius 2 is 1.89 bits per heavy atom. The highest BCUT2D eigenvalue weighted by Gasteiger charge is 2.34. The molecule has 0 bridgehead atoms. The molecule has 1 rings (SSSR count). The Morgan fingerprint density at radius 3 is 2.33 bits per heavy atom. The van der Waals surface area contributed by atoms with Gasteiger partial charge in [0.2, 0.25) is 0 Å². The van der Waals surface area contributed by atoms with Crippen molar-refractivity contribution in [1.82, 2.24) is 5.32 Å². The highest BCUT2D eigenvalue weighted by Crippen LogP contribution is 2.32. The molecule has 0 spiro atoms. The highest BCUT2D eigenvalue weighted by molar-refractivity contribution is 5.66. The van der Waals surface area contributed by atoms with Gasteiger partial charge in [0.05, 0.1) is 17.7 Å². The molecule has 0 saturated carbocycles. The van der Waals surface area contributed by atoms with Crippen LogP contribution in [0.5, 0.6) is 0 Å². The number of hydrogen-bond acceptors (Lipinski definition) is 2. The number of aliphatic hydroxyl groups excluding tert-OH is 1. The van der Waals surface area contributed by atoms with Crippen molar-refractivity contribution in [1.29, 1.82) is 0 Å². The standard InChI is InChI=1S/C11H12F3NO3/c1-10(6-16,15-9(17)18)7-3-2-4-8(5-7)11(12,13)14/h2-5,15-16H,6H2,1H3,(H,17,18)/t10-/m0/s1. The molecule has 18 heavy (non-hydrogen) atoms.